The molecule has 3 saturated carbocycles. The van der Waals surface area contributed by atoms with Crippen LogP contribution in [-0.2, 0) is 0 Å². The Morgan fingerprint density at radius 3 is 2.82 bits per heavy atom. The van der Waals surface area contributed by atoms with Gasteiger partial charge in [-0.1, -0.05) is 32.1 Å². The molecule has 0 amide bonds. The average molecular weight is 304 g/mol. The van der Waals surface area contributed by atoms with Gasteiger partial charge < -0.3 is 10.2 Å². The van der Waals surface area contributed by atoms with Gasteiger partial charge in [-0.25, -0.2) is 0 Å². The van der Waals surface area contributed by atoms with Gasteiger partial charge in [-0.15, -0.1) is 0 Å². The van der Waals surface area contributed by atoms with Crippen molar-refractivity contribution in [1.82, 2.24) is 0 Å². The molecular formula is C20H32O2. The van der Waals surface area contributed by atoms with Crippen molar-refractivity contribution in [2.24, 2.45) is 35.0 Å². The Bertz CT molecular complexity index is 480. The highest BCUT2D eigenvalue weighted by Crippen LogP contribution is 2.72. The average Bonchev–Trinajstić information content (AvgIpc) is 2.88. The molecular weight excluding hydrogens is 272 g/mol. The van der Waals surface area contributed by atoms with E-state index >= 15 is 0 Å². The summed E-state index contributed by atoms with van der Waals surface area (Å²) in [5.74, 6) is 3.86. The normalized spacial score (nSPS) is 46.0. The molecule has 3 fully saturated rings. The Kier molecular flexibility index (Phi) is 4.28. The standard InChI is InChI=1S/C20H32O2/c1-12(11-21)9-15(22)10-20(4)17-8-6-13(2)16-7-5-14(3)18(16)19(17)20/h9,14-19,21-22H,2,5-8,10-11H2,1,3-4H3. The van der Waals surface area contributed by atoms with Gasteiger partial charge in [-0.05, 0) is 79.6 Å². The zero-order chi connectivity index (χ0) is 16.1. The van der Waals surface area contributed by atoms with Crippen LogP contribution in [0, 0.1) is 35.0 Å². The SMILES string of the molecule is C=C1CCC2C(C3C(C)CCC13)C2(C)CC(O)C=C(C)CO. The van der Waals surface area contributed by atoms with Crippen molar-refractivity contribution < 1.29 is 10.2 Å². The first-order valence-corrected chi connectivity index (χ1v) is 9.02. The van der Waals surface area contributed by atoms with E-state index < -0.39 is 6.10 Å². The Labute approximate surface area is 135 Å². The van der Waals surface area contributed by atoms with Gasteiger partial charge in [0.2, 0.25) is 0 Å². The van der Waals surface area contributed by atoms with Crippen LogP contribution < -0.4 is 0 Å². The fourth-order valence-corrected chi connectivity index (χ4v) is 5.93. The van der Waals surface area contributed by atoms with E-state index in [4.69, 9.17) is 5.11 Å². The Hall–Kier alpha value is -0.600. The summed E-state index contributed by atoms with van der Waals surface area (Å²) in [7, 11) is 0. The van der Waals surface area contributed by atoms with E-state index in [9.17, 15) is 5.11 Å². The van der Waals surface area contributed by atoms with Gasteiger partial charge in [0, 0.05) is 0 Å². The predicted molar refractivity (Wildman–Crippen MR) is 90.3 cm³/mol. The lowest BCUT2D eigenvalue weighted by molar-refractivity contribution is 0.160. The monoisotopic (exact) mass is 304 g/mol. The van der Waals surface area contributed by atoms with Crippen LogP contribution in [0.25, 0.3) is 0 Å². The van der Waals surface area contributed by atoms with Crippen LogP contribution in [0.4, 0.5) is 0 Å². The van der Waals surface area contributed by atoms with Crippen LogP contribution >= 0.6 is 0 Å². The smallest absolute Gasteiger partial charge is 0.0729 e. The molecule has 0 saturated heterocycles. The minimum absolute atomic E-state index is 0.0438. The molecule has 7 atom stereocenters. The van der Waals surface area contributed by atoms with Crippen molar-refractivity contribution in [1.29, 1.82) is 0 Å². The molecule has 3 rings (SSSR count). The van der Waals surface area contributed by atoms with Gasteiger partial charge in [-0.3, -0.25) is 0 Å². The molecule has 2 nitrogen and oxygen atoms in total. The molecule has 0 aromatic heterocycles. The van der Waals surface area contributed by atoms with Gasteiger partial charge >= 0.3 is 0 Å². The third kappa shape index (κ3) is 2.59. The molecule has 22 heavy (non-hydrogen) atoms. The van der Waals surface area contributed by atoms with Crippen molar-refractivity contribution in [3.8, 4) is 0 Å². The van der Waals surface area contributed by atoms with Gasteiger partial charge in [0.15, 0.2) is 0 Å². The van der Waals surface area contributed by atoms with Crippen LogP contribution in [0.5, 0.6) is 0 Å². The summed E-state index contributed by atoms with van der Waals surface area (Å²) in [6.45, 7) is 11.1. The highest BCUT2D eigenvalue weighted by molar-refractivity contribution is 5.22. The van der Waals surface area contributed by atoms with Gasteiger partial charge in [-0.2, -0.15) is 0 Å². The summed E-state index contributed by atoms with van der Waals surface area (Å²) in [6, 6.07) is 0. The predicted octanol–water partition coefficient (Wildman–Crippen LogP) is 3.94. The summed E-state index contributed by atoms with van der Waals surface area (Å²) in [6.07, 6.45) is 7.40. The lowest BCUT2D eigenvalue weighted by Gasteiger charge is -2.27. The van der Waals surface area contributed by atoms with E-state index in [0.717, 1.165) is 41.6 Å². The number of fused-ring (bicyclic) bond motifs is 3. The zero-order valence-electron chi connectivity index (χ0n) is 14.4. The highest BCUT2D eigenvalue weighted by atomic mass is 16.3. The largest absolute Gasteiger partial charge is 0.392 e. The molecule has 2 N–H and O–H groups in total. The second-order valence-corrected chi connectivity index (χ2v) is 8.52. The fraction of sp³-hybridized carbons (Fsp3) is 0.800. The third-order valence-electron chi connectivity index (χ3n) is 7.08. The second-order valence-electron chi connectivity index (χ2n) is 8.52. The zero-order valence-corrected chi connectivity index (χ0v) is 14.4. The van der Waals surface area contributed by atoms with Crippen LogP contribution in [0.3, 0.4) is 0 Å². The Balaban J connectivity index is 1.76. The molecule has 2 heteroatoms. The number of aliphatic hydroxyl groups is 2. The van der Waals surface area contributed by atoms with Crippen LogP contribution in [0.1, 0.15) is 52.9 Å². The van der Waals surface area contributed by atoms with E-state index in [1.54, 1.807) is 0 Å². The molecule has 0 aromatic rings. The quantitative estimate of drug-likeness (QED) is 0.772. The molecule has 3 aliphatic rings. The van der Waals surface area contributed by atoms with Crippen LogP contribution in [0.15, 0.2) is 23.8 Å². The maximum Gasteiger partial charge on any atom is 0.0729 e. The third-order valence-corrected chi connectivity index (χ3v) is 7.08. The number of hydrogen-bond acceptors (Lipinski definition) is 2. The fourth-order valence-electron chi connectivity index (χ4n) is 5.93. The number of aliphatic hydroxyl groups excluding tert-OH is 2. The molecule has 0 aromatic carbocycles. The van der Waals surface area contributed by atoms with Crippen LogP contribution in [-0.4, -0.2) is 22.9 Å². The van der Waals surface area contributed by atoms with Crippen molar-refractivity contribution in [2.75, 3.05) is 6.61 Å². The minimum Gasteiger partial charge on any atom is -0.392 e. The van der Waals surface area contributed by atoms with Gasteiger partial charge in [0.25, 0.3) is 0 Å². The van der Waals surface area contributed by atoms with Crippen molar-refractivity contribution in [2.45, 2.75) is 59.0 Å². The maximum absolute atomic E-state index is 10.4. The summed E-state index contributed by atoms with van der Waals surface area (Å²) in [4.78, 5) is 0. The van der Waals surface area contributed by atoms with E-state index in [-0.39, 0.29) is 12.0 Å². The summed E-state index contributed by atoms with van der Waals surface area (Å²) < 4.78 is 0. The maximum atomic E-state index is 10.4. The first-order valence-electron chi connectivity index (χ1n) is 9.02. The van der Waals surface area contributed by atoms with E-state index in [1.165, 1.54) is 31.3 Å². The van der Waals surface area contributed by atoms with Gasteiger partial charge in [0.1, 0.15) is 0 Å². The number of rotatable bonds is 4. The Morgan fingerprint density at radius 1 is 1.41 bits per heavy atom. The first-order chi connectivity index (χ1) is 10.4. The van der Waals surface area contributed by atoms with E-state index in [1.807, 2.05) is 13.0 Å². The molecule has 124 valence electrons. The van der Waals surface area contributed by atoms with Crippen molar-refractivity contribution in [3.63, 3.8) is 0 Å². The van der Waals surface area contributed by atoms with E-state index in [2.05, 4.69) is 20.4 Å². The summed E-state index contributed by atoms with van der Waals surface area (Å²) >= 11 is 0. The number of hydrogen-bond donors (Lipinski definition) is 2. The minimum atomic E-state index is -0.414. The molecule has 3 aliphatic carbocycles. The van der Waals surface area contributed by atoms with E-state index in [0.29, 0.717) is 0 Å². The first kappa shape index (κ1) is 16.3. The molecule has 0 heterocycles. The molecule has 0 aliphatic heterocycles. The van der Waals surface area contributed by atoms with Crippen molar-refractivity contribution in [3.05, 3.63) is 23.8 Å². The number of allylic oxidation sites excluding steroid dienone is 1. The lowest BCUT2D eigenvalue weighted by atomic mass is 9.78. The summed E-state index contributed by atoms with van der Waals surface area (Å²) in [5.41, 5.74) is 2.66. The topological polar surface area (TPSA) is 40.5 Å². The molecule has 7 unspecified atom stereocenters. The molecule has 0 bridgehead atoms. The Morgan fingerprint density at radius 2 is 2.14 bits per heavy atom. The van der Waals surface area contributed by atoms with Crippen molar-refractivity contribution >= 4 is 0 Å². The van der Waals surface area contributed by atoms with Crippen LogP contribution in [0.2, 0.25) is 0 Å². The molecule has 0 radical (unpaired) electrons. The highest BCUT2D eigenvalue weighted by Gasteiger charge is 2.66. The summed E-state index contributed by atoms with van der Waals surface area (Å²) in [5, 5.41) is 19.5. The van der Waals surface area contributed by atoms with Gasteiger partial charge in [0.05, 0.1) is 12.7 Å². The second kappa shape index (κ2) is 5.79. The molecule has 0 spiro atoms. The lowest BCUT2D eigenvalue weighted by Crippen LogP contribution is -2.22.